The van der Waals surface area contributed by atoms with Gasteiger partial charge in [-0.25, -0.2) is 4.79 Å². The average molecular weight is 364 g/mol. The van der Waals surface area contributed by atoms with Crippen molar-refractivity contribution in [3.05, 3.63) is 34.7 Å². The summed E-state index contributed by atoms with van der Waals surface area (Å²) in [5.41, 5.74) is -0.531. The third-order valence-corrected chi connectivity index (χ3v) is 4.65. The van der Waals surface area contributed by atoms with Gasteiger partial charge in [0.25, 0.3) is 5.56 Å². The van der Waals surface area contributed by atoms with E-state index in [1.165, 1.54) is 0 Å². The average Bonchev–Trinajstić information content (AvgIpc) is 2.51. The Morgan fingerprint density at radius 1 is 1.12 bits per heavy atom. The second-order valence-corrected chi connectivity index (χ2v) is 9.09. The van der Waals surface area contributed by atoms with Gasteiger partial charge in [-0.2, -0.15) is 0 Å². The van der Waals surface area contributed by atoms with E-state index in [1.54, 1.807) is 16.7 Å². The van der Waals surface area contributed by atoms with Gasteiger partial charge in [0, 0.05) is 45.0 Å². The molecule has 0 N–H and O–H groups in total. The summed E-state index contributed by atoms with van der Waals surface area (Å²) in [7, 11) is 0. The van der Waals surface area contributed by atoms with Crippen molar-refractivity contribution in [3.8, 4) is 0 Å². The lowest BCUT2D eigenvalue weighted by Crippen LogP contribution is -2.60. The number of hydrogen-bond donors (Lipinski definition) is 0. The van der Waals surface area contributed by atoms with Gasteiger partial charge in [-0.1, -0.05) is 26.8 Å². The van der Waals surface area contributed by atoms with Gasteiger partial charge < -0.3 is 14.2 Å². The van der Waals surface area contributed by atoms with Crippen LogP contribution < -0.4 is 5.56 Å². The molecule has 146 valence electrons. The molecule has 1 atom stereocenters. The monoisotopic (exact) mass is 363 g/mol. The summed E-state index contributed by atoms with van der Waals surface area (Å²) in [5.74, 6) is 0. The molecule has 1 unspecified atom stereocenters. The SMILES string of the molecule is CC(C)(C)OC(=O)N1CCN(CCn2ccccc2=O)CC1C(C)(C)C. The van der Waals surface area contributed by atoms with Crippen molar-refractivity contribution in [2.45, 2.75) is 59.7 Å². The Labute approximate surface area is 156 Å². The predicted molar refractivity (Wildman–Crippen MR) is 103 cm³/mol. The van der Waals surface area contributed by atoms with E-state index in [4.69, 9.17) is 4.74 Å². The van der Waals surface area contributed by atoms with Crippen LogP contribution in [0.15, 0.2) is 29.2 Å². The van der Waals surface area contributed by atoms with E-state index in [2.05, 4.69) is 25.7 Å². The topological polar surface area (TPSA) is 54.8 Å². The first-order valence-corrected chi connectivity index (χ1v) is 9.35. The van der Waals surface area contributed by atoms with Crippen molar-refractivity contribution >= 4 is 6.09 Å². The second-order valence-electron chi connectivity index (χ2n) is 9.09. The van der Waals surface area contributed by atoms with Crippen molar-refractivity contribution in [2.75, 3.05) is 26.2 Å². The Balaban J connectivity index is 2.04. The summed E-state index contributed by atoms with van der Waals surface area (Å²) in [6.07, 6.45) is 1.58. The zero-order valence-corrected chi connectivity index (χ0v) is 17.0. The van der Waals surface area contributed by atoms with Crippen LogP contribution in [0, 0.1) is 5.41 Å². The first-order chi connectivity index (χ1) is 12.0. The minimum atomic E-state index is -0.495. The Kier molecular flexibility index (Phi) is 6.17. The minimum Gasteiger partial charge on any atom is -0.444 e. The highest BCUT2D eigenvalue weighted by atomic mass is 16.6. The second kappa shape index (κ2) is 7.82. The molecule has 1 aromatic heterocycles. The van der Waals surface area contributed by atoms with Crippen LogP contribution in [0.1, 0.15) is 41.5 Å². The molecule has 1 amide bonds. The van der Waals surface area contributed by atoms with Crippen LogP contribution in [-0.4, -0.2) is 58.3 Å². The lowest BCUT2D eigenvalue weighted by molar-refractivity contribution is -0.0235. The smallest absolute Gasteiger partial charge is 0.410 e. The van der Waals surface area contributed by atoms with Gasteiger partial charge >= 0.3 is 6.09 Å². The third-order valence-electron chi connectivity index (χ3n) is 4.65. The van der Waals surface area contributed by atoms with Gasteiger partial charge in [0.1, 0.15) is 5.60 Å². The summed E-state index contributed by atoms with van der Waals surface area (Å²) in [6.45, 7) is 15.8. The normalized spacial score (nSPS) is 19.5. The number of rotatable bonds is 3. The summed E-state index contributed by atoms with van der Waals surface area (Å²) in [6, 6.07) is 5.28. The summed E-state index contributed by atoms with van der Waals surface area (Å²) >= 11 is 0. The molecule has 0 radical (unpaired) electrons. The van der Waals surface area contributed by atoms with Crippen LogP contribution in [-0.2, 0) is 11.3 Å². The number of amides is 1. The molecule has 1 aromatic rings. The molecule has 6 heteroatoms. The summed E-state index contributed by atoms with van der Waals surface area (Å²) in [4.78, 5) is 28.7. The molecule has 0 aromatic carbocycles. The Bertz CT molecular complexity index is 670. The molecular weight excluding hydrogens is 330 g/mol. The number of aromatic nitrogens is 1. The number of carbonyl (C=O) groups is 1. The number of nitrogens with zero attached hydrogens (tertiary/aromatic N) is 3. The highest BCUT2D eigenvalue weighted by Crippen LogP contribution is 2.29. The van der Waals surface area contributed by atoms with Gasteiger partial charge in [0.05, 0.1) is 6.04 Å². The highest BCUT2D eigenvalue weighted by molar-refractivity contribution is 5.69. The molecule has 1 aliphatic heterocycles. The van der Waals surface area contributed by atoms with Crippen molar-refractivity contribution in [1.82, 2.24) is 14.4 Å². The third kappa shape index (κ3) is 5.59. The van der Waals surface area contributed by atoms with Gasteiger partial charge in [-0.3, -0.25) is 9.69 Å². The van der Waals surface area contributed by atoms with Crippen LogP contribution in [0.5, 0.6) is 0 Å². The Morgan fingerprint density at radius 2 is 1.81 bits per heavy atom. The standard InChI is InChI=1S/C20H33N3O3/c1-19(2,3)16-15-21(11-13-22-10-8-7-9-17(22)24)12-14-23(16)18(25)26-20(4,5)6/h7-10,16H,11-15H2,1-6H3. The fourth-order valence-corrected chi connectivity index (χ4v) is 3.22. The maximum Gasteiger partial charge on any atom is 0.410 e. The molecule has 0 saturated carbocycles. The van der Waals surface area contributed by atoms with Crippen LogP contribution in [0.3, 0.4) is 0 Å². The van der Waals surface area contributed by atoms with Crippen LogP contribution in [0.2, 0.25) is 0 Å². The predicted octanol–water partition coefficient (Wildman–Crippen LogP) is 2.82. The van der Waals surface area contributed by atoms with Gasteiger partial charge in [0.2, 0.25) is 0 Å². The number of ether oxygens (including phenoxy) is 1. The number of pyridine rings is 1. The van der Waals surface area contributed by atoms with Gasteiger partial charge in [-0.05, 0) is 32.3 Å². The summed E-state index contributed by atoms with van der Waals surface area (Å²) < 4.78 is 7.33. The summed E-state index contributed by atoms with van der Waals surface area (Å²) in [5, 5.41) is 0. The first kappa shape index (κ1) is 20.5. The molecule has 6 nitrogen and oxygen atoms in total. The molecule has 1 aliphatic rings. The van der Waals surface area contributed by atoms with Crippen molar-refractivity contribution in [3.63, 3.8) is 0 Å². The van der Waals surface area contributed by atoms with Crippen molar-refractivity contribution in [1.29, 1.82) is 0 Å². The lowest BCUT2D eigenvalue weighted by Gasteiger charge is -2.47. The number of carbonyl (C=O) groups excluding carboxylic acids is 1. The van der Waals surface area contributed by atoms with E-state index in [0.29, 0.717) is 13.1 Å². The van der Waals surface area contributed by atoms with E-state index in [9.17, 15) is 9.59 Å². The van der Waals surface area contributed by atoms with E-state index in [-0.39, 0.29) is 23.1 Å². The molecule has 2 rings (SSSR count). The highest BCUT2D eigenvalue weighted by Gasteiger charge is 2.39. The fourth-order valence-electron chi connectivity index (χ4n) is 3.22. The van der Waals surface area contributed by atoms with Crippen molar-refractivity contribution < 1.29 is 9.53 Å². The molecule has 0 aliphatic carbocycles. The van der Waals surface area contributed by atoms with Crippen molar-refractivity contribution in [2.24, 2.45) is 5.41 Å². The Hall–Kier alpha value is -1.82. The zero-order valence-electron chi connectivity index (χ0n) is 17.0. The maximum atomic E-state index is 12.6. The molecule has 1 fully saturated rings. The van der Waals surface area contributed by atoms with Gasteiger partial charge in [-0.15, -0.1) is 0 Å². The number of piperazine rings is 1. The zero-order chi connectivity index (χ0) is 19.5. The molecular formula is C20H33N3O3. The Morgan fingerprint density at radius 3 is 2.38 bits per heavy atom. The van der Waals surface area contributed by atoms with Gasteiger partial charge in [0.15, 0.2) is 0 Å². The van der Waals surface area contributed by atoms with E-state index in [0.717, 1.165) is 19.6 Å². The maximum absolute atomic E-state index is 12.6. The van der Waals surface area contributed by atoms with Crippen LogP contribution in [0.4, 0.5) is 4.79 Å². The quantitative estimate of drug-likeness (QED) is 0.829. The molecule has 0 spiro atoms. The van der Waals surface area contributed by atoms with E-state index >= 15 is 0 Å². The molecule has 2 heterocycles. The molecule has 1 saturated heterocycles. The fraction of sp³-hybridized carbons (Fsp3) is 0.700. The lowest BCUT2D eigenvalue weighted by atomic mass is 9.84. The van der Waals surface area contributed by atoms with E-state index < -0.39 is 5.60 Å². The van der Waals surface area contributed by atoms with E-state index in [1.807, 2.05) is 37.9 Å². The molecule has 26 heavy (non-hydrogen) atoms. The number of hydrogen-bond acceptors (Lipinski definition) is 4. The van der Waals surface area contributed by atoms with Crippen LogP contribution in [0.25, 0.3) is 0 Å². The first-order valence-electron chi connectivity index (χ1n) is 9.35. The van der Waals surface area contributed by atoms with Crippen LogP contribution >= 0.6 is 0 Å². The minimum absolute atomic E-state index is 0.0206. The molecule has 0 bridgehead atoms. The largest absolute Gasteiger partial charge is 0.444 e.